The zero-order valence-corrected chi connectivity index (χ0v) is 13.0. The SMILES string of the molecule is Cc1ccc2[nH]c3c(c2c1)CN(CC1(CC(=O)O)CC1)CC3. The molecule has 1 aromatic carbocycles. The zero-order valence-electron chi connectivity index (χ0n) is 13.0. The molecule has 116 valence electrons. The van der Waals surface area contributed by atoms with Crippen LogP contribution in [0, 0.1) is 12.3 Å². The predicted octanol–water partition coefficient (Wildman–Crippen LogP) is 3.09. The number of nitrogens with one attached hydrogen (secondary N) is 1. The highest BCUT2D eigenvalue weighted by molar-refractivity contribution is 5.85. The lowest BCUT2D eigenvalue weighted by Crippen LogP contribution is -2.35. The maximum atomic E-state index is 11.0. The van der Waals surface area contributed by atoms with Crippen molar-refractivity contribution in [3.8, 4) is 0 Å². The molecule has 0 spiro atoms. The average molecular weight is 298 g/mol. The lowest BCUT2D eigenvalue weighted by atomic mass is 9.98. The normalized spacial score (nSPS) is 20.0. The van der Waals surface area contributed by atoms with Crippen molar-refractivity contribution in [2.24, 2.45) is 5.41 Å². The maximum Gasteiger partial charge on any atom is 0.303 e. The number of aromatic nitrogens is 1. The van der Waals surface area contributed by atoms with Crippen LogP contribution in [-0.4, -0.2) is 34.0 Å². The number of H-pyrrole nitrogens is 1. The lowest BCUT2D eigenvalue weighted by Gasteiger charge is -2.30. The van der Waals surface area contributed by atoms with E-state index in [0.717, 1.165) is 38.9 Å². The molecule has 1 aliphatic heterocycles. The second-order valence-corrected chi connectivity index (χ2v) is 7.16. The zero-order chi connectivity index (χ0) is 15.3. The van der Waals surface area contributed by atoms with Crippen molar-refractivity contribution in [1.82, 2.24) is 9.88 Å². The lowest BCUT2D eigenvalue weighted by molar-refractivity contribution is -0.138. The van der Waals surface area contributed by atoms with Crippen LogP contribution in [0.3, 0.4) is 0 Å². The molecule has 2 aromatic rings. The third-order valence-electron chi connectivity index (χ3n) is 5.25. The fraction of sp³-hybridized carbons (Fsp3) is 0.500. The second-order valence-electron chi connectivity index (χ2n) is 7.16. The number of nitrogens with zero attached hydrogens (tertiary/aromatic N) is 1. The van der Waals surface area contributed by atoms with Gasteiger partial charge in [0, 0.05) is 42.7 Å². The number of hydrogen-bond acceptors (Lipinski definition) is 2. The summed E-state index contributed by atoms with van der Waals surface area (Å²) < 4.78 is 0. The Morgan fingerprint density at radius 3 is 2.95 bits per heavy atom. The number of aryl methyl sites for hydroxylation is 1. The van der Waals surface area contributed by atoms with Crippen LogP contribution >= 0.6 is 0 Å². The molecule has 1 aromatic heterocycles. The van der Waals surface area contributed by atoms with Gasteiger partial charge in [0.2, 0.25) is 0 Å². The van der Waals surface area contributed by atoms with Gasteiger partial charge in [0.15, 0.2) is 0 Å². The molecule has 1 fully saturated rings. The summed E-state index contributed by atoms with van der Waals surface area (Å²) in [6.07, 6.45) is 3.49. The van der Waals surface area contributed by atoms with Crippen molar-refractivity contribution in [2.75, 3.05) is 13.1 Å². The number of aliphatic carboxylic acids is 1. The fourth-order valence-electron chi connectivity index (χ4n) is 3.88. The van der Waals surface area contributed by atoms with E-state index in [2.05, 4.69) is 35.0 Å². The van der Waals surface area contributed by atoms with Gasteiger partial charge in [-0.05, 0) is 42.9 Å². The number of carboxylic acids is 1. The summed E-state index contributed by atoms with van der Waals surface area (Å²) in [5.74, 6) is -0.655. The molecule has 0 radical (unpaired) electrons. The number of carboxylic acid groups (broad SMARTS) is 1. The molecule has 4 rings (SSSR count). The van der Waals surface area contributed by atoms with Crippen LogP contribution < -0.4 is 0 Å². The van der Waals surface area contributed by atoms with Gasteiger partial charge in [0.05, 0.1) is 6.42 Å². The Morgan fingerprint density at radius 2 is 2.23 bits per heavy atom. The Hall–Kier alpha value is -1.81. The standard InChI is InChI=1S/C18H22N2O2/c1-12-2-3-15-13(8-12)14-10-20(7-4-16(14)19-15)11-18(5-6-18)9-17(21)22/h2-3,8,19H,4-7,9-11H2,1H3,(H,21,22). The molecule has 2 N–H and O–H groups in total. The van der Waals surface area contributed by atoms with E-state index < -0.39 is 5.97 Å². The molecule has 22 heavy (non-hydrogen) atoms. The first-order valence-corrected chi connectivity index (χ1v) is 8.09. The molecule has 0 amide bonds. The van der Waals surface area contributed by atoms with Crippen molar-refractivity contribution in [3.63, 3.8) is 0 Å². The van der Waals surface area contributed by atoms with E-state index in [4.69, 9.17) is 5.11 Å². The first-order chi connectivity index (χ1) is 10.5. The molecular weight excluding hydrogens is 276 g/mol. The van der Waals surface area contributed by atoms with Gasteiger partial charge in [0.25, 0.3) is 0 Å². The van der Waals surface area contributed by atoms with E-state index in [-0.39, 0.29) is 5.41 Å². The van der Waals surface area contributed by atoms with E-state index in [0.29, 0.717) is 6.42 Å². The predicted molar refractivity (Wildman–Crippen MR) is 85.9 cm³/mol. The molecule has 2 heterocycles. The first kappa shape index (κ1) is 13.8. The van der Waals surface area contributed by atoms with Gasteiger partial charge in [-0.1, -0.05) is 11.6 Å². The van der Waals surface area contributed by atoms with Gasteiger partial charge in [-0.3, -0.25) is 9.69 Å². The Morgan fingerprint density at radius 1 is 1.41 bits per heavy atom. The van der Waals surface area contributed by atoms with Crippen molar-refractivity contribution in [1.29, 1.82) is 0 Å². The Balaban J connectivity index is 1.57. The highest BCUT2D eigenvalue weighted by Gasteiger charge is 2.45. The van der Waals surface area contributed by atoms with E-state index in [1.54, 1.807) is 0 Å². The van der Waals surface area contributed by atoms with E-state index in [9.17, 15) is 4.79 Å². The van der Waals surface area contributed by atoms with Gasteiger partial charge in [-0.15, -0.1) is 0 Å². The van der Waals surface area contributed by atoms with Crippen molar-refractivity contribution >= 4 is 16.9 Å². The van der Waals surface area contributed by atoms with Gasteiger partial charge in [0.1, 0.15) is 0 Å². The minimum absolute atomic E-state index is 0.0470. The molecule has 4 heteroatoms. The third kappa shape index (κ3) is 2.41. The van der Waals surface area contributed by atoms with Crippen LogP contribution in [0.25, 0.3) is 10.9 Å². The molecule has 0 saturated heterocycles. The van der Waals surface area contributed by atoms with Gasteiger partial charge >= 0.3 is 5.97 Å². The summed E-state index contributed by atoms with van der Waals surface area (Å²) in [5, 5.41) is 10.4. The van der Waals surface area contributed by atoms with Gasteiger partial charge < -0.3 is 10.1 Å². The molecule has 0 bridgehead atoms. The van der Waals surface area contributed by atoms with Crippen molar-refractivity contribution in [2.45, 2.75) is 39.2 Å². The summed E-state index contributed by atoms with van der Waals surface area (Å²) in [6.45, 7) is 5.03. The summed E-state index contributed by atoms with van der Waals surface area (Å²) in [4.78, 5) is 17.0. The van der Waals surface area contributed by atoms with Gasteiger partial charge in [-0.2, -0.15) is 0 Å². The quantitative estimate of drug-likeness (QED) is 0.912. The van der Waals surface area contributed by atoms with E-state index >= 15 is 0 Å². The summed E-state index contributed by atoms with van der Waals surface area (Å²) >= 11 is 0. The number of hydrogen-bond donors (Lipinski definition) is 2. The summed E-state index contributed by atoms with van der Waals surface area (Å²) in [7, 11) is 0. The first-order valence-electron chi connectivity index (χ1n) is 8.09. The van der Waals surface area contributed by atoms with Crippen LogP contribution in [0.1, 0.15) is 36.1 Å². The molecular formula is C18H22N2O2. The largest absolute Gasteiger partial charge is 0.481 e. The molecule has 2 aliphatic rings. The van der Waals surface area contributed by atoms with Crippen LogP contribution in [0.2, 0.25) is 0 Å². The van der Waals surface area contributed by atoms with Crippen molar-refractivity contribution < 1.29 is 9.90 Å². The maximum absolute atomic E-state index is 11.0. The number of benzene rings is 1. The monoisotopic (exact) mass is 298 g/mol. The summed E-state index contributed by atoms with van der Waals surface area (Å²) in [5.41, 5.74) is 5.34. The Labute approximate surface area is 130 Å². The molecule has 0 unspecified atom stereocenters. The molecule has 0 atom stereocenters. The number of fused-ring (bicyclic) bond motifs is 3. The fourth-order valence-corrected chi connectivity index (χ4v) is 3.88. The van der Waals surface area contributed by atoms with Crippen LogP contribution in [0.4, 0.5) is 0 Å². The highest BCUT2D eigenvalue weighted by Crippen LogP contribution is 2.49. The minimum Gasteiger partial charge on any atom is -0.481 e. The van der Waals surface area contributed by atoms with Crippen molar-refractivity contribution in [3.05, 3.63) is 35.0 Å². The highest BCUT2D eigenvalue weighted by atomic mass is 16.4. The van der Waals surface area contributed by atoms with Crippen LogP contribution in [0.15, 0.2) is 18.2 Å². The minimum atomic E-state index is -0.655. The number of rotatable bonds is 4. The van der Waals surface area contributed by atoms with E-state index in [1.807, 2.05) is 0 Å². The smallest absolute Gasteiger partial charge is 0.303 e. The topological polar surface area (TPSA) is 56.3 Å². The Kier molecular flexibility index (Phi) is 3.05. The van der Waals surface area contributed by atoms with Gasteiger partial charge in [-0.25, -0.2) is 0 Å². The number of aromatic amines is 1. The van der Waals surface area contributed by atoms with E-state index in [1.165, 1.54) is 27.7 Å². The Bertz CT molecular complexity index is 743. The molecule has 1 saturated carbocycles. The third-order valence-corrected chi connectivity index (χ3v) is 5.25. The average Bonchev–Trinajstić information content (AvgIpc) is 3.10. The van der Waals surface area contributed by atoms with Crippen LogP contribution in [-0.2, 0) is 17.8 Å². The summed E-state index contributed by atoms with van der Waals surface area (Å²) in [6, 6.07) is 6.58. The molecule has 4 nitrogen and oxygen atoms in total. The number of carbonyl (C=O) groups is 1. The molecule has 1 aliphatic carbocycles. The second kappa shape index (κ2) is 4.85. The van der Waals surface area contributed by atoms with Crippen LogP contribution in [0.5, 0.6) is 0 Å².